The maximum Gasteiger partial charge on any atom is 0.296 e. The smallest absolute Gasteiger partial charge is 0.296 e. The Morgan fingerprint density at radius 2 is 1.82 bits per heavy atom. The lowest BCUT2D eigenvalue weighted by molar-refractivity contribution is -0.140. The van der Waals surface area contributed by atoms with Crippen molar-refractivity contribution in [1.82, 2.24) is 4.90 Å². The molecule has 3 heterocycles. The van der Waals surface area contributed by atoms with Crippen LogP contribution in [0.3, 0.4) is 0 Å². The normalized spacial score (nSPS) is 18.8. The van der Waals surface area contributed by atoms with Gasteiger partial charge in [0.25, 0.3) is 11.7 Å². The number of rotatable bonds is 4. The van der Waals surface area contributed by atoms with Crippen molar-refractivity contribution < 1.29 is 23.5 Å². The first kappa shape index (κ1) is 17.9. The topological polar surface area (TPSA) is 83.9 Å². The molecule has 1 N–H and O–H groups in total. The Kier molecular flexibility index (Phi) is 4.39. The molecule has 142 valence electrons. The second-order valence-corrected chi connectivity index (χ2v) is 6.84. The Bertz CT molecular complexity index is 1060. The van der Waals surface area contributed by atoms with Crippen LogP contribution in [0.5, 0.6) is 0 Å². The van der Waals surface area contributed by atoms with E-state index in [9.17, 15) is 14.7 Å². The molecule has 6 heteroatoms. The van der Waals surface area contributed by atoms with Crippen LogP contribution in [-0.2, 0) is 16.1 Å². The van der Waals surface area contributed by atoms with E-state index in [1.807, 2.05) is 26.0 Å². The van der Waals surface area contributed by atoms with Crippen LogP contribution in [0.15, 0.2) is 69.4 Å². The van der Waals surface area contributed by atoms with Crippen LogP contribution in [0.2, 0.25) is 0 Å². The number of furan rings is 2. The largest absolute Gasteiger partial charge is 0.507 e. The number of hydrogen-bond donors (Lipinski definition) is 1. The molecule has 6 nitrogen and oxygen atoms in total. The van der Waals surface area contributed by atoms with Crippen molar-refractivity contribution in [1.29, 1.82) is 0 Å². The fourth-order valence-corrected chi connectivity index (χ4v) is 3.49. The van der Waals surface area contributed by atoms with E-state index in [-0.39, 0.29) is 17.9 Å². The molecule has 0 bridgehead atoms. The highest BCUT2D eigenvalue weighted by Crippen LogP contribution is 2.40. The number of amides is 1. The molecule has 1 amide bonds. The van der Waals surface area contributed by atoms with Crippen molar-refractivity contribution in [2.24, 2.45) is 0 Å². The molecule has 0 radical (unpaired) electrons. The van der Waals surface area contributed by atoms with Gasteiger partial charge in [-0.15, -0.1) is 0 Å². The van der Waals surface area contributed by atoms with Crippen molar-refractivity contribution in [3.63, 3.8) is 0 Å². The molecule has 3 aromatic rings. The van der Waals surface area contributed by atoms with Gasteiger partial charge in [-0.25, -0.2) is 0 Å². The fraction of sp³-hybridized carbons (Fsp3) is 0.182. The summed E-state index contributed by atoms with van der Waals surface area (Å²) < 4.78 is 10.9. The van der Waals surface area contributed by atoms with Gasteiger partial charge in [0, 0.05) is 5.56 Å². The van der Waals surface area contributed by atoms with E-state index >= 15 is 0 Å². The van der Waals surface area contributed by atoms with E-state index in [0.717, 1.165) is 11.1 Å². The van der Waals surface area contributed by atoms with Crippen molar-refractivity contribution in [3.8, 4) is 0 Å². The molecule has 1 aliphatic rings. The van der Waals surface area contributed by atoms with Crippen LogP contribution in [-0.4, -0.2) is 21.7 Å². The molecule has 1 saturated heterocycles. The highest BCUT2D eigenvalue weighted by molar-refractivity contribution is 6.46. The lowest BCUT2D eigenvalue weighted by atomic mass is 9.96. The van der Waals surface area contributed by atoms with E-state index in [2.05, 4.69) is 0 Å². The first-order valence-electron chi connectivity index (χ1n) is 8.89. The minimum absolute atomic E-state index is 0.0141. The third-order valence-electron chi connectivity index (χ3n) is 4.91. The highest BCUT2D eigenvalue weighted by Gasteiger charge is 2.47. The molecule has 0 spiro atoms. The summed E-state index contributed by atoms with van der Waals surface area (Å²) in [4.78, 5) is 27.0. The van der Waals surface area contributed by atoms with Crippen LogP contribution in [0.4, 0.5) is 0 Å². The molecule has 1 aliphatic heterocycles. The summed E-state index contributed by atoms with van der Waals surface area (Å²) in [6, 6.07) is 11.6. The molecular weight excluding hydrogens is 358 g/mol. The number of aliphatic hydroxyl groups excluding tert-OH is 1. The molecule has 2 aromatic heterocycles. The number of Topliss-reactive ketones (excluding diaryl/α,β-unsaturated/α-hetero) is 1. The zero-order chi connectivity index (χ0) is 19.8. The zero-order valence-electron chi connectivity index (χ0n) is 15.5. The molecule has 0 saturated carbocycles. The molecule has 1 unspecified atom stereocenters. The van der Waals surface area contributed by atoms with Gasteiger partial charge in [0.1, 0.15) is 23.3 Å². The minimum Gasteiger partial charge on any atom is -0.507 e. The summed E-state index contributed by atoms with van der Waals surface area (Å²) in [6.07, 6.45) is 2.98. The van der Waals surface area contributed by atoms with Crippen molar-refractivity contribution in [3.05, 3.63) is 88.8 Å². The molecule has 28 heavy (non-hydrogen) atoms. The second-order valence-electron chi connectivity index (χ2n) is 6.84. The Morgan fingerprint density at radius 3 is 2.50 bits per heavy atom. The summed E-state index contributed by atoms with van der Waals surface area (Å²) in [5.74, 6) is -0.721. The molecule has 1 fully saturated rings. The van der Waals surface area contributed by atoms with Gasteiger partial charge >= 0.3 is 0 Å². The predicted molar refractivity (Wildman–Crippen MR) is 101 cm³/mol. The minimum atomic E-state index is -0.833. The summed E-state index contributed by atoms with van der Waals surface area (Å²) in [6.45, 7) is 3.83. The van der Waals surface area contributed by atoms with Crippen LogP contribution in [0.25, 0.3) is 5.76 Å². The molecular formula is C22H19NO5. The van der Waals surface area contributed by atoms with Gasteiger partial charge in [-0.3, -0.25) is 9.59 Å². The van der Waals surface area contributed by atoms with Crippen molar-refractivity contribution >= 4 is 17.4 Å². The SMILES string of the molecule is Cc1ccc(C)c(/C(O)=C2\C(=O)C(=O)N(Cc3ccco3)C2c2ccco2)c1. The lowest BCUT2D eigenvalue weighted by Gasteiger charge is -2.22. The monoisotopic (exact) mass is 377 g/mol. The fourth-order valence-electron chi connectivity index (χ4n) is 3.49. The number of aryl methyl sites for hydroxylation is 2. The predicted octanol–water partition coefficient (Wildman–Crippen LogP) is 4.11. The maximum absolute atomic E-state index is 12.9. The van der Waals surface area contributed by atoms with E-state index in [0.29, 0.717) is 17.1 Å². The molecule has 0 aliphatic carbocycles. The second kappa shape index (κ2) is 6.88. The molecule has 1 atom stereocenters. The average Bonchev–Trinajstić information content (AvgIpc) is 3.42. The van der Waals surface area contributed by atoms with Gasteiger partial charge in [-0.2, -0.15) is 0 Å². The van der Waals surface area contributed by atoms with Crippen LogP contribution >= 0.6 is 0 Å². The summed E-state index contributed by atoms with van der Waals surface area (Å²) >= 11 is 0. The number of benzene rings is 1. The van der Waals surface area contributed by atoms with Gasteiger partial charge in [-0.05, 0) is 49.7 Å². The van der Waals surface area contributed by atoms with Crippen LogP contribution in [0.1, 0.15) is 34.3 Å². The van der Waals surface area contributed by atoms with Gasteiger partial charge in [-0.1, -0.05) is 17.7 Å². The third-order valence-corrected chi connectivity index (χ3v) is 4.91. The number of likely N-dealkylation sites (tertiary alicyclic amines) is 1. The number of ketones is 1. The Labute approximate surface area is 161 Å². The van der Waals surface area contributed by atoms with Crippen molar-refractivity contribution in [2.45, 2.75) is 26.4 Å². The number of nitrogens with zero attached hydrogens (tertiary/aromatic N) is 1. The Hall–Kier alpha value is -3.54. The highest BCUT2D eigenvalue weighted by atomic mass is 16.3. The number of carbonyl (C=O) groups excluding carboxylic acids is 2. The lowest BCUT2D eigenvalue weighted by Crippen LogP contribution is -2.28. The van der Waals surface area contributed by atoms with Crippen LogP contribution in [0, 0.1) is 13.8 Å². The van der Waals surface area contributed by atoms with Gasteiger partial charge < -0.3 is 18.8 Å². The Balaban J connectivity index is 1.88. The Morgan fingerprint density at radius 1 is 1.07 bits per heavy atom. The number of aliphatic hydroxyl groups is 1. The summed E-state index contributed by atoms with van der Waals surface area (Å²) in [7, 11) is 0. The van der Waals surface area contributed by atoms with Gasteiger partial charge in [0.05, 0.1) is 24.6 Å². The number of hydrogen-bond acceptors (Lipinski definition) is 5. The first-order valence-corrected chi connectivity index (χ1v) is 8.89. The molecule has 1 aromatic carbocycles. The molecule has 4 rings (SSSR count). The van der Waals surface area contributed by atoms with E-state index in [4.69, 9.17) is 8.83 Å². The van der Waals surface area contributed by atoms with Gasteiger partial charge in [0.2, 0.25) is 0 Å². The van der Waals surface area contributed by atoms with Crippen LogP contribution < -0.4 is 0 Å². The summed E-state index contributed by atoms with van der Waals surface area (Å²) in [5, 5.41) is 11.0. The maximum atomic E-state index is 12.9. The van der Waals surface area contributed by atoms with Crippen molar-refractivity contribution in [2.75, 3.05) is 0 Å². The first-order chi connectivity index (χ1) is 13.5. The number of carbonyl (C=O) groups is 2. The standard InChI is InChI=1S/C22H19NO5/c1-13-7-8-14(2)16(11-13)20(24)18-19(17-6-4-10-28-17)23(22(26)21(18)25)12-15-5-3-9-27-15/h3-11,19,24H,12H2,1-2H3/b20-18+. The van der Waals surface area contributed by atoms with E-state index in [1.165, 1.54) is 17.4 Å². The zero-order valence-corrected chi connectivity index (χ0v) is 15.5. The average molecular weight is 377 g/mol. The van der Waals surface area contributed by atoms with E-state index < -0.39 is 17.7 Å². The van der Waals surface area contributed by atoms with Gasteiger partial charge in [0.15, 0.2) is 0 Å². The van der Waals surface area contributed by atoms with E-state index in [1.54, 1.807) is 30.3 Å². The summed E-state index contributed by atoms with van der Waals surface area (Å²) in [5.41, 5.74) is 2.28. The third kappa shape index (κ3) is 2.93. The quantitative estimate of drug-likeness (QED) is 0.420.